The Morgan fingerprint density at radius 1 is 1.06 bits per heavy atom. The Bertz CT molecular complexity index is 327. The number of carbonyl (C=O) groups is 1. The molecule has 0 radical (unpaired) electrons. The summed E-state index contributed by atoms with van der Waals surface area (Å²) >= 11 is 0. The lowest BCUT2D eigenvalue weighted by atomic mass is 10.2. The number of carbonyl (C=O) groups excluding carboxylic acids is 1. The Hall–Kier alpha value is -1.43. The van der Waals surface area contributed by atoms with Crippen LogP contribution in [-0.4, -0.2) is 33.3 Å². The molecule has 0 spiro atoms. The van der Waals surface area contributed by atoms with Gasteiger partial charge in [0, 0.05) is 26.9 Å². The number of methoxy groups -OCH3 is 3. The van der Waals surface area contributed by atoms with Gasteiger partial charge in [0.1, 0.15) is 0 Å². The predicted molar refractivity (Wildman–Crippen MR) is 57.7 cm³/mol. The van der Waals surface area contributed by atoms with Crippen LogP contribution in [0, 0.1) is 0 Å². The summed E-state index contributed by atoms with van der Waals surface area (Å²) in [5, 5.41) is 2.49. The fourth-order valence-corrected chi connectivity index (χ4v) is 1.20. The fourth-order valence-electron chi connectivity index (χ4n) is 1.20. The molecular formula is C11H15NO4. The Labute approximate surface area is 94.3 Å². The molecule has 0 bridgehead atoms. The fraction of sp³-hybridized carbons (Fsp3) is 0.364. The van der Waals surface area contributed by atoms with E-state index >= 15 is 0 Å². The van der Waals surface area contributed by atoms with Crippen molar-refractivity contribution >= 4 is 5.91 Å². The van der Waals surface area contributed by atoms with Crippen LogP contribution in [0.4, 0.5) is 0 Å². The zero-order chi connectivity index (χ0) is 12.0. The number of nitrogens with one attached hydrogen (secondary N) is 1. The van der Waals surface area contributed by atoms with Gasteiger partial charge < -0.3 is 14.2 Å². The molecule has 5 heteroatoms. The van der Waals surface area contributed by atoms with Gasteiger partial charge in [0.15, 0.2) is 0 Å². The molecule has 88 valence electrons. The van der Waals surface area contributed by atoms with Gasteiger partial charge in [-0.15, -0.1) is 0 Å². The van der Waals surface area contributed by atoms with Crippen molar-refractivity contribution in [1.82, 2.24) is 5.32 Å². The minimum atomic E-state index is -1.55. The van der Waals surface area contributed by atoms with Gasteiger partial charge in [0.25, 0.3) is 5.91 Å². The van der Waals surface area contributed by atoms with Crippen LogP contribution < -0.4 is 5.32 Å². The van der Waals surface area contributed by atoms with E-state index < -0.39 is 6.10 Å². The van der Waals surface area contributed by atoms with E-state index in [0.29, 0.717) is 5.56 Å². The monoisotopic (exact) mass is 225 g/mol. The summed E-state index contributed by atoms with van der Waals surface area (Å²) in [4.78, 5) is 11.8. The Kier molecular flexibility index (Phi) is 4.42. The molecule has 1 amide bonds. The van der Waals surface area contributed by atoms with E-state index in [1.54, 1.807) is 24.3 Å². The first-order chi connectivity index (χ1) is 7.67. The summed E-state index contributed by atoms with van der Waals surface area (Å²) in [6, 6.07) is 8.72. The normalized spacial score (nSPS) is 11.2. The molecule has 0 aliphatic rings. The number of hydrogen-bond acceptors (Lipinski definition) is 4. The summed E-state index contributed by atoms with van der Waals surface area (Å²) < 4.78 is 14.9. The molecule has 5 nitrogen and oxygen atoms in total. The quantitative estimate of drug-likeness (QED) is 0.758. The Morgan fingerprint density at radius 3 is 2.00 bits per heavy atom. The van der Waals surface area contributed by atoms with E-state index in [1.165, 1.54) is 21.3 Å². The molecule has 1 rings (SSSR count). The van der Waals surface area contributed by atoms with Gasteiger partial charge in [0.2, 0.25) is 0 Å². The highest BCUT2D eigenvalue weighted by atomic mass is 16.9. The molecule has 0 aliphatic carbocycles. The highest BCUT2D eigenvalue weighted by Crippen LogP contribution is 2.09. The number of ether oxygens (including phenoxy) is 3. The SMILES string of the molecule is COC(NC(=O)c1ccccc1)(OC)OC. The second kappa shape index (κ2) is 5.60. The minimum absolute atomic E-state index is 0.342. The third-order valence-corrected chi connectivity index (χ3v) is 2.11. The maximum atomic E-state index is 11.8. The van der Waals surface area contributed by atoms with Crippen molar-refractivity contribution in [2.45, 2.75) is 6.10 Å². The molecule has 0 heterocycles. The van der Waals surface area contributed by atoms with E-state index in [1.807, 2.05) is 6.07 Å². The van der Waals surface area contributed by atoms with E-state index in [0.717, 1.165) is 0 Å². The average Bonchev–Trinajstić information content (AvgIpc) is 2.37. The third-order valence-electron chi connectivity index (χ3n) is 2.11. The molecule has 16 heavy (non-hydrogen) atoms. The lowest BCUT2D eigenvalue weighted by Gasteiger charge is -2.28. The maximum absolute atomic E-state index is 11.8. The van der Waals surface area contributed by atoms with Crippen LogP contribution in [0.1, 0.15) is 10.4 Å². The largest absolute Gasteiger partial charge is 0.376 e. The average molecular weight is 225 g/mol. The number of amides is 1. The molecule has 0 saturated carbocycles. The van der Waals surface area contributed by atoms with Crippen LogP contribution >= 0.6 is 0 Å². The van der Waals surface area contributed by atoms with Crippen LogP contribution in [0.5, 0.6) is 0 Å². The minimum Gasteiger partial charge on any atom is -0.313 e. The van der Waals surface area contributed by atoms with Gasteiger partial charge in [-0.05, 0) is 12.1 Å². The molecule has 0 aliphatic heterocycles. The van der Waals surface area contributed by atoms with Crippen molar-refractivity contribution in [3.63, 3.8) is 0 Å². The van der Waals surface area contributed by atoms with Gasteiger partial charge in [0.05, 0.1) is 0 Å². The van der Waals surface area contributed by atoms with E-state index in [4.69, 9.17) is 14.2 Å². The molecule has 0 atom stereocenters. The van der Waals surface area contributed by atoms with E-state index in [2.05, 4.69) is 5.32 Å². The molecule has 0 unspecified atom stereocenters. The zero-order valence-electron chi connectivity index (χ0n) is 9.52. The standard InChI is InChI=1S/C11H15NO4/c1-14-11(15-2,16-3)12-10(13)9-7-5-4-6-8-9/h4-8H,1-3H3,(H,12,13). The first-order valence-electron chi connectivity index (χ1n) is 4.70. The molecule has 0 saturated heterocycles. The van der Waals surface area contributed by atoms with Crippen LogP contribution in [0.3, 0.4) is 0 Å². The maximum Gasteiger partial charge on any atom is 0.376 e. The predicted octanol–water partition coefficient (Wildman–Crippen LogP) is 0.967. The summed E-state index contributed by atoms with van der Waals surface area (Å²) in [6.45, 7) is 0. The zero-order valence-corrected chi connectivity index (χ0v) is 9.52. The van der Waals surface area contributed by atoms with Crippen molar-refractivity contribution in [3.05, 3.63) is 35.9 Å². The lowest BCUT2D eigenvalue weighted by Crippen LogP contribution is -2.53. The summed E-state index contributed by atoms with van der Waals surface area (Å²) in [7, 11) is 4.12. The van der Waals surface area contributed by atoms with E-state index in [9.17, 15) is 4.79 Å². The Morgan fingerprint density at radius 2 is 1.56 bits per heavy atom. The van der Waals surface area contributed by atoms with Crippen LogP contribution in [-0.2, 0) is 14.2 Å². The number of rotatable bonds is 5. The molecule has 1 aromatic rings. The topological polar surface area (TPSA) is 56.8 Å². The lowest BCUT2D eigenvalue weighted by molar-refractivity contribution is -0.362. The van der Waals surface area contributed by atoms with Crippen molar-refractivity contribution in [3.8, 4) is 0 Å². The molecule has 1 aromatic carbocycles. The van der Waals surface area contributed by atoms with Gasteiger partial charge in [-0.1, -0.05) is 18.2 Å². The summed E-state index contributed by atoms with van der Waals surface area (Å²) in [5.41, 5.74) is 0.498. The first-order valence-corrected chi connectivity index (χ1v) is 4.70. The van der Waals surface area contributed by atoms with Crippen molar-refractivity contribution in [2.24, 2.45) is 0 Å². The molecule has 1 N–H and O–H groups in total. The molecule has 0 fully saturated rings. The second-order valence-electron chi connectivity index (χ2n) is 2.99. The highest BCUT2D eigenvalue weighted by Gasteiger charge is 2.32. The van der Waals surface area contributed by atoms with Gasteiger partial charge in [-0.3, -0.25) is 10.1 Å². The smallest absolute Gasteiger partial charge is 0.313 e. The number of benzene rings is 1. The summed E-state index contributed by atoms with van der Waals surface area (Å²) in [5.74, 6) is -0.342. The van der Waals surface area contributed by atoms with Crippen LogP contribution in [0.2, 0.25) is 0 Å². The van der Waals surface area contributed by atoms with Crippen molar-refractivity contribution < 1.29 is 19.0 Å². The van der Waals surface area contributed by atoms with Crippen molar-refractivity contribution in [2.75, 3.05) is 21.3 Å². The van der Waals surface area contributed by atoms with E-state index in [-0.39, 0.29) is 5.91 Å². The Balaban J connectivity index is 2.77. The van der Waals surface area contributed by atoms with Gasteiger partial charge in [-0.25, -0.2) is 0 Å². The van der Waals surface area contributed by atoms with Gasteiger partial charge >= 0.3 is 6.10 Å². The second-order valence-corrected chi connectivity index (χ2v) is 2.99. The highest BCUT2D eigenvalue weighted by molar-refractivity contribution is 5.94. The van der Waals surface area contributed by atoms with Crippen molar-refractivity contribution in [1.29, 1.82) is 0 Å². The molecule has 0 aromatic heterocycles. The summed E-state index contributed by atoms with van der Waals surface area (Å²) in [6.07, 6.45) is -1.55. The number of hydrogen-bond donors (Lipinski definition) is 1. The van der Waals surface area contributed by atoms with Crippen LogP contribution in [0.15, 0.2) is 30.3 Å². The first kappa shape index (κ1) is 12.6. The van der Waals surface area contributed by atoms with Crippen LogP contribution in [0.25, 0.3) is 0 Å². The van der Waals surface area contributed by atoms with Gasteiger partial charge in [-0.2, -0.15) is 0 Å². The molecular weight excluding hydrogens is 210 g/mol. The third kappa shape index (κ3) is 2.79.